The largest absolute Gasteiger partial charge is 0.465 e. The van der Waals surface area contributed by atoms with Crippen molar-refractivity contribution in [1.29, 1.82) is 0 Å². The Morgan fingerprint density at radius 2 is 1.73 bits per heavy atom. The van der Waals surface area contributed by atoms with Crippen LogP contribution in [0.3, 0.4) is 0 Å². The van der Waals surface area contributed by atoms with Gasteiger partial charge in [-0.2, -0.15) is 0 Å². The van der Waals surface area contributed by atoms with Crippen molar-refractivity contribution in [2.75, 3.05) is 6.61 Å². The lowest BCUT2D eigenvalue weighted by Gasteiger charge is -2.08. The maximum atomic E-state index is 11.4. The zero-order chi connectivity index (χ0) is 11.1. The van der Waals surface area contributed by atoms with Crippen molar-refractivity contribution in [2.24, 2.45) is 5.41 Å². The summed E-state index contributed by atoms with van der Waals surface area (Å²) in [5.74, 6) is 0.0241. The number of hydrogen-bond donors (Lipinski definition) is 0. The van der Waals surface area contributed by atoms with E-state index < -0.39 is 0 Å². The zero-order valence-electron chi connectivity index (χ0n) is 10.2. The quantitative estimate of drug-likeness (QED) is 0.453. The molecule has 88 valence electrons. The van der Waals surface area contributed by atoms with Crippen LogP contribution in [0.1, 0.15) is 65.2 Å². The Morgan fingerprint density at radius 1 is 1.13 bits per heavy atom. The van der Waals surface area contributed by atoms with Crippen LogP contribution in [-0.4, -0.2) is 12.6 Å². The summed E-state index contributed by atoms with van der Waals surface area (Å²) in [6, 6.07) is 0. The van der Waals surface area contributed by atoms with E-state index in [1.807, 2.05) is 6.92 Å². The molecule has 0 heterocycles. The normalized spacial score (nSPS) is 17.5. The minimum Gasteiger partial charge on any atom is -0.465 e. The number of carbonyl (C=O) groups excluding carboxylic acids is 1. The predicted molar refractivity (Wildman–Crippen MR) is 61.7 cm³/mol. The summed E-state index contributed by atoms with van der Waals surface area (Å²) in [5, 5.41) is 0. The van der Waals surface area contributed by atoms with Crippen LogP contribution in [0.15, 0.2) is 0 Å². The van der Waals surface area contributed by atoms with Crippen LogP contribution in [0.2, 0.25) is 0 Å². The Labute approximate surface area is 93.4 Å². The molecule has 1 rings (SSSR count). The molecule has 0 amide bonds. The van der Waals surface area contributed by atoms with Crippen molar-refractivity contribution in [1.82, 2.24) is 0 Å². The number of unbranched alkanes of at least 4 members (excludes halogenated alkanes) is 5. The Balaban J connectivity index is 1.86. The number of rotatable bonds is 8. The van der Waals surface area contributed by atoms with Crippen molar-refractivity contribution in [2.45, 2.75) is 65.2 Å². The van der Waals surface area contributed by atoms with E-state index in [9.17, 15) is 4.79 Å². The molecule has 0 unspecified atom stereocenters. The molecule has 2 nitrogen and oxygen atoms in total. The Morgan fingerprint density at radius 3 is 2.33 bits per heavy atom. The van der Waals surface area contributed by atoms with E-state index in [4.69, 9.17) is 4.74 Å². The molecule has 1 aliphatic carbocycles. The highest BCUT2D eigenvalue weighted by Gasteiger charge is 2.46. The summed E-state index contributed by atoms with van der Waals surface area (Å²) < 4.78 is 5.24. The molecule has 0 aromatic carbocycles. The highest BCUT2D eigenvalue weighted by Crippen LogP contribution is 2.45. The van der Waals surface area contributed by atoms with Crippen LogP contribution < -0.4 is 0 Å². The fourth-order valence-corrected chi connectivity index (χ4v) is 1.61. The molecule has 0 aromatic rings. The zero-order valence-corrected chi connectivity index (χ0v) is 10.2. The van der Waals surface area contributed by atoms with Gasteiger partial charge in [0.05, 0.1) is 12.0 Å². The molecule has 1 saturated carbocycles. The molecule has 0 aromatic heterocycles. The van der Waals surface area contributed by atoms with Crippen molar-refractivity contribution >= 4 is 5.97 Å². The third-order valence-electron chi connectivity index (χ3n) is 3.22. The first-order valence-corrected chi connectivity index (χ1v) is 6.36. The molecule has 0 saturated heterocycles. The average Bonchev–Trinajstić information content (AvgIpc) is 2.96. The second-order valence-electron chi connectivity index (χ2n) is 4.96. The molecule has 15 heavy (non-hydrogen) atoms. The monoisotopic (exact) mass is 212 g/mol. The first-order chi connectivity index (χ1) is 7.19. The maximum absolute atomic E-state index is 11.4. The number of hydrogen-bond acceptors (Lipinski definition) is 2. The average molecular weight is 212 g/mol. The van der Waals surface area contributed by atoms with Gasteiger partial charge in [-0.25, -0.2) is 0 Å². The molecule has 0 spiro atoms. The van der Waals surface area contributed by atoms with Crippen LogP contribution in [0.25, 0.3) is 0 Å². The van der Waals surface area contributed by atoms with Crippen molar-refractivity contribution in [3.63, 3.8) is 0 Å². The van der Waals surface area contributed by atoms with Crippen LogP contribution >= 0.6 is 0 Å². The topological polar surface area (TPSA) is 26.3 Å². The molecule has 0 bridgehead atoms. The lowest BCUT2D eigenvalue weighted by atomic mass is 10.1. The van der Waals surface area contributed by atoms with Gasteiger partial charge in [-0.1, -0.05) is 39.0 Å². The third-order valence-corrected chi connectivity index (χ3v) is 3.22. The number of carbonyl (C=O) groups is 1. The van der Waals surface area contributed by atoms with Gasteiger partial charge in [0.15, 0.2) is 0 Å². The highest BCUT2D eigenvalue weighted by molar-refractivity contribution is 5.79. The van der Waals surface area contributed by atoms with E-state index in [0.717, 1.165) is 19.3 Å². The van der Waals surface area contributed by atoms with Crippen molar-refractivity contribution < 1.29 is 9.53 Å². The van der Waals surface area contributed by atoms with Crippen molar-refractivity contribution in [3.8, 4) is 0 Å². The lowest BCUT2D eigenvalue weighted by molar-refractivity contribution is -0.149. The number of esters is 1. The summed E-state index contributed by atoms with van der Waals surface area (Å²) in [7, 11) is 0. The fourth-order valence-electron chi connectivity index (χ4n) is 1.61. The van der Waals surface area contributed by atoms with E-state index in [2.05, 4.69) is 6.92 Å². The summed E-state index contributed by atoms with van der Waals surface area (Å²) >= 11 is 0. The minimum atomic E-state index is -0.109. The maximum Gasteiger partial charge on any atom is 0.311 e. The summed E-state index contributed by atoms with van der Waals surface area (Å²) in [6.45, 7) is 4.84. The molecule has 1 fully saturated rings. The highest BCUT2D eigenvalue weighted by atomic mass is 16.5. The molecule has 0 radical (unpaired) electrons. The minimum absolute atomic E-state index is 0.0241. The van der Waals surface area contributed by atoms with E-state index in [1.54, 1.807) is 0 Å². The van der Waals surface area contributed by atoms with E-state index in [1.165, 1.54) is 32.1 Å². The van der Waals surface area contributed by atoms with Gasteiger partial charge in [-0.05, 0) is 26.2 Å². The van der Waals surface area contributed by atoms with Crippen LogP contribution in [0.4, 0.5) is 0 Å². The molecule has 0 atom stereocenters. The molecule has 0 aliphatic heterocycles. The lowest BCUT2D eigenvalue weighted by Crippen LogP contribution is -2.16. The van der Waals surface area contributed by atoms with E-state index in [0.29, 0.717) is 6.61 Å². The molecule has 0 N–H and O–H groups in total. The van der Waals surface area contributed by atoms with Gasteiger partial charge in [0.2, 0.25) is 0 Å². The molecular weight excluding hydrogens is 188 g/mol. The van der Waals surface area contributed by atoms with Gasteiger partial charge in [-0.3, -0.25) is 4.79 Å². The number of ether oxygens (including phenoxy) is 1. The van der Waals surface area contributed by atoms with E-state index >= 15 is 0 Å². The Hall–Kier alpha value is -0.530. The fraction of sp³-hybridized carbons (Fsp3) is 0.923. The molecule has 1 aliphatic rings. The van der Waals surface area contributed by atoms with Gasteiger partial charge in [0.25, 0.3) is 0 Å². The first-order valence-electron chi connectivity index (χ1n) is 6.36. The summed E-state index contributed by atoms with van der Waals surface area (Å²) in [4.78, 5) is 11.4. The summed E-state index contributed by atoms with van der Waals surface area (Å²) in [5.41, 5.74) is -0.109. The second kappa shape index (κ2) is 6.14. The van der Waals surface area contributed by atoms with E-state index in [-0.39, 0.29) is 11.4 Å². The molecular formula is C13H24O2. The van der Waals surface area contributed by atoms with Gasteiger partial charge < -0.3 is 4.74 Å². The Bertz CT molecular complexity index is 195. The predicted octanol–water partition coefficient (Wildman–Crippen LogP) is 3.69. The smallest absolute Gasteiger partial charge is 0.311 e. The van der Waals surface area contributed by atoms with Gasteiger partial charge in [0.1, 0.15) is 0 Å². The SMILES string of the molecule is CCCCCCCCOC(=O)C1(C)CC1. The van der Waals surface area contributed by atoms with Crippen LogP contribution in [0, 0.1) is 5.41 Å². The van der Waals surface area contributed by atoms with Crippen LogP contribution in [-0.2, 0) is 9.53 Å². The van der Waals surface area contributed by atoms with Crippen molar-refractivity contribution in [3.05, 3.63) is 0 Å². The summed E-state index contributed by atoms with van der Waals surface area (Å²) in [6.07, 6.45) is 9.48. The van der Waals surface area contributed by atoms with Gasteiger partial charge in [-0.15, -0.1) is 0 Å². The second-order valence-corrected chi connectivity index (χ2v) is 4.96. The molecule has 2 heteroatoms. The van der Waals surface area contributed by atoms with Crippen LogP contribution in [0.5, 0.6) is 0 Å². The van der Waals surface area contributed by atoms with Gasteiger partial charge in [0, 0.05) is 0 Å². The standard InChI is InChI=1S/C13H24O2/c1-3-4-5-6-7-8-11-15-12(14)13(2)9-10-13/h3-11H2,1-2H3. The Kier molecular flexibility index (Phi) is 5.13. The third kappa shape index (κ3) is 4.67. The van der Waals surface area contributed by atoms with Gasteiger partial charge >= 0.3 is 5.97 Å². The first kappa shape index (κ1) is 12.5.